The Kier molecular flexibility index (Phi) is 5.40. The second-order valence-corrected chi connectivity index (χ2v) is 11.0. The topological polar surface area (TPSA) is 76.3 Å². The van der Waals surface area contributed by atoms with Gasteiger partial charge in [0.1, 0.15) is 29.8 Å². The summed E-state index contributed by atoms with van der Waals surface area (Å²) in [4.78, 5) is 2.21. The molecule has 1 saturated heterocycles. The lowest BCUT2D eigenvalue weighted by molar-refractivity contribution is -0.347. The number of likely N-dealkylation sites (N-methyl/N-ethyl adjacent to an activating group) is 1. The number of alkyl halides is 2. The highest BCUT2D eigenvalue weighted by Gasteiger charge is 2.82. The lowest BCUT2D eigenvalue weighted by atomic mass is 9.30. The molecule has 4 aliphatic rings. The van der Waals surface area contributed by atoms with Gasteiger partial charge >= 0.3 is 0 Å². The van der Waals surface area contributed by atoms with Gasteiger partial charge in [-0.3, -0.25) is 0 Å². The minimum atomic E-state index is -3.75. The maximum atomic E-state index is 16.3. The molecule has 2 heterocycles. The summed E-state index contributed by atoms with van der Waals surface area (Å²) in [6, 6.07) is 9.80. The molecular formula is C26H27F4N5O2. The third-order valence-corrected chi connectivity index (χ3v) is 8.49. The first kappa shape index (κ1) is 24.3. The Morgan fingerprint density at radius 1 is 1.11 bits per heavy atom. The largest absolute Gasteiger partial charge is 0.489 e. The first-order valence-corrected chi connectivity index (χ1v) is 12.3. The van der Waals surface area contributed by atoms with Gasteiger partial charge in [0.15, 0.2) is 5.60 Å². The van der Waals surface area contributed by atoms with Crippen LogP contribution in [0.1, 0.15) is 36.8 Å². The molecule has 0 spiro atoms. The summed E-state index contributed by atoms with van der Waals surface area (Å²) in [5, 5.41) is 21.9. The molecule has 1 N–H and O–H groups in total. The fourth-order valence-electron chi connectivity index (χ4n) is 6.60. The van der Waals surface area contributed by atoms with Crippen molar-refractivity contribution >= 4 is 0 Å². The average molecular weight is 518 g/mol. The number of aromatic nitrogens is 4. The van der Waals surface area contributed by atoms with E-state index in [9.17, 15) is 13.9 Å². The Balaban J connectivity index is 1.23. The second kappa shape index (κ2) is 8.22. The van der Waals surface area contributed by atoms with Crippen LogP contribution >= 0.6 is 0 Å². The number of benzene rings is 2. The van der Waals surface area contributed by atoms with Crippen molar-refractivity contribution < 1.29 is 27.4 Å². The number of hydrogen-bond donors (Lipinski definition) is 1. The van der Waals surface area contributed by atoms with E-state index in [0.29, 0.717) is 6.07 Å². The zero-order valence-corrected chi connectivity index (χ0v) is 20.2. The Morgan fingerprint density at radius 3 is 2.43 bits per heavy atom. The summed E-state index contributed by atoms with van der Waals surface area (Å²) in [7, 11) is 2.05. The van der Waals surface area contributed by atoms with Gasteiger partial charge in [0.2, 0.25) is 0 Å². The molecule has 7 nitrogen and oxygen atoms in total. The normalized spacial score (nSPS) is 28.9. The SMILES string of the molecule is CN1CC[C@@H](Oc2ccc(C34CC(C(F)(F)C(O)(Cn5cnnn5)c5ccc(F)cc5F)(C3)C4)cc2)C1. The third-order valence-electron chi connectivity index (χ3n) is 8.49. The number of aliphatic hydroxyl groups is 1. The van der Waals surface area contributed by atoms with Crippen molar-refractivity contribution in [2.24, 2.45) is 5.41 Å². The Hall–Kier alpha value is -3.05. The zero-order chi connectivity index (χ0) is 26.1. The van der Waals surface area contributed by atoms with Crippen molar-refractivity contribution in [3.8, 4) is 5.75 Å². The highest BCUT2D eigenvalue weighted by Crippen LogP contribution is 2.80. The van der Waals surface area contributed by atoms with E-state index < -0.39 is 46.1 Å². The predicted molar refractivity (Wildman–Crippen MR) is 124 cm³/mol. The fraction of sp³-hybridized carbons (Fsp3) is 0.500. The van der Waals surface area contributed by atoms with Crippen LogP contribution in [0.3, 0.4) is 0 Å². The summed E-state index contributed by atoms with van der Waals surface area (Å²) in [6.07, 6.45) is 2.59. The van der Waals surface area contributed by atoms with E-state index in [1.165, 1.54) is 0 Å². The summed E-state index contributed by atoms with van der Waals surface area (Å²) < 4.78 is 67.9. The molecule has 37 heavy (non-hydrogen) atoms. The smallest absolute Gasteiger partial charge is 0.287 e. The van der Waals surface area contributed by atoms with E-state index in [1.807, 2.05) is 24.3 Å². The van der Waals surface area contributed by atoms with Gasteiger partial charge in [0, 0.05) is 30.1 Å². The van der Waals surface area contributed by atoms with Crippen molar-refractivity contribution in [2.75, 3.05) is 20.1 Å². The molecule has 7 rings (SSSR count). The molecule has 11 heteroatoms. The van der Waals surface area contributed by atoms with E-state index in [1.54, 1.807) is 0 Å². The Morgan fingerprint density at radius 2 is 1.84 bits per heavy atom. The van der Waals surface area contributed by atoms with Gasteiger partial charge < -0.3 is 14.7 Å². The molecule has 3 aliphatic carbocycles. The van der Waals surface area contributed by atoms with Crippen LogP contribution in [-0.4, -0.2) is 62.4 Å². The molecule has 4 fully saturated rings. The molecular weight excluding hydrogens is 490 g/mol. The Labute approximate surface area is 211 Å². The zero-order valence-electron chi connectivity index (χ0n) is 20.2. The van der Waals surface area contributed by atoms with Crippen molar-refractivity contribution in [1.82, 2.24) is 25.1 Å². The number of likely N-dealkylation sites (tertiary alicyclic amines) is 1. The molecule has 196 valence electrons. The van der Waals surface area contributed by atoms with Crippen LogP contribution in [0.5, 0.6) is 5.75 Å². The van der Waals surface area contributed by atoms with Gasteiger partial charge in [-0.05, 0) is 78.4 Å². The van der Waals surface area contributed by atoms with E-state index in [4.69, 9.17) is 4.74 Å². The number of tetrazole rings is 1. The van der Waals surface area contributed by atoms with E-state index in [0.717, 1.165) is 54.0 Å². The molecule has 1 aromatic heterocycles. The minimum absolute atomic E-state index is 0.137. The predicted octanol–water partition coefficient (Wildman–Crippen LogP) is 3.68. The van der Waals surface area contributed by atoms with Crippen LogP contribution in [-0.2, 0) is 17.6 Å². The van der Waals surface area contributed by atoms with Gasteiger partial charge in [-0.25, -0.2) is 22.2 Å². The molecule has 2 bridgehead atoms. The van der Waals surface area contributed by atoms with Gasteiger partial charge in [-0.1, -0.05) is 12.1 Å². The first-order chi connectivity index (χ1) is 17.6. The van der Waals surface area contributed by atoms with Gasteiger partial charge in [-0.2, -0.15) is 0 Å². The number of halogens is 4. The standard InChI is InChI=1S/C26H27F4N5O2/c1-34-9-8-20(11-34)37-19-5-2-17(3-6-19)23-12-24(13-23,14-23)26(29,30)25(36,15-35-16-31-32-33-35)21-7-4-18(27)10-22(21)28/h2-7,10,16,20,36H,8-9,11-15H2,1H3/t20-,23?,24?,25?/m1/s1. The second-order valence-electron chi connectivity index (χ2n) is 11.0. The number of ether oxygens (including phenoxy) is 1. The van der Waals surface area contributed by atoms with Gasteiger partial charge in [0.25, 0.3) is 5.92 Å². The lowest BCUT2D eigenvalue weighted by Crippen LogP contribution is -2.76. The van der Waals surface area contributed by atoms with Crippen LogP contribution in [0, 0.1) is 17.0 Å². The molecule has 2 aromatic carbocycles. The van der Waals surface area contributed by atoms with Crippen LogP contribution < -0.4 is 4.74 Å². The molecule has 2 atom stereocenters. The maximum absolute atomic E-state index is 16.3. The molecule has 0 amide bonds. The first-order valence-electron chi connectivity index (χ1n) is 12.3. The lowest BCUT2D eigenvalue weighted by Gasteiger charge is -2.74. The number of hydrogen-bond acceptors (Lipinski definition) is 6. The quantitative estimate of drug-likeness (QED) is 0.460. The summed E-state index contributed by atoms with van der Waals surface area (Å²) >= 11 is 0. The monoisotopic (exact) mass is 517 g/mol. The third kappa shape index (κ3) is 3.65. The fourth-order valence-corrected chi connectivity index (χ4v) is 6.60. The number of rotatable bonds is 8. The van der Waals surface area contributed by atoms with Gasteiger partial charge in [0.05, 0.1) is 6.54 Å². The van der Waals surface area contributed by atoms with Gasteiger partial charge in [-0.15, -0.1) is 5.10 Å². The van der Waals surface area contributed by atoms with Crippen molar-refractivity contribution in [3.63, 3.8) is 0 Å². The molecule has 1 aliphatic heterocycles. The van der Waals surface area contributed by atoms with E-state index in [-0.39, 0.29) is 25.4 Å². The van der Waals surface area contributed by atoms with Crippen molar-refractivity contribution in [2.45, 2.75) is 55.3 Å². The van der Waals surface area contributed by atoms with E-state index >= 15 is 8.78 Å². The van der Waals surface area contributed by atoms with Crippen LogP contribution in [0.2, 0.25) is 0 Å². The minimum Gasteiger partial charge on any atom is -0.489 e. The van der Waals surface area contributed by atoms with Crippen LogP contribution in [0.4, 0.5) is 17.6 Å². The highest BCUT2D eigenvalue weighted by atomic mass is 19.3. The van der Waals surface area contributed by atoms with Crippen LogP contribution in [0.25, 0.3) is 0 Å². The molecule has 0 radical (unpaired) electrons. The molecule has 3 aromatic rings. The number of nitrogens with zero attached hydrogens (tertiary/aromatic N) is 5. The van der Waals surface area contributed by atoms with Crippen molar-refractivity contribution in [1.29, 1.82) is 0 Å². The summed E-state index contributed by atoms with van der Waals surface area (Å²) in [5.41, 5.74) is -4.68. The molecule has 1 unspecified atom stereocenters. The average Bonchev–Trinajstić information content (AvgIpc) is 3.44. The van der Waals surface area contributed by atoms with E-state index in [2.05, 4.69) is 27.5 Å². The molecule has 3 saturated carbocycles. The highest BCUT2D eigenvalue weighted by molar-refractivity contribution is 5.44. The maximum Gasteiger partial charge on any atom is 0.287 e. The summed E-state index contributed by atoms with van der Waals surface area (Å²) in [6.45, 7) is 1.07. The van der Waals surface area contributed by atoms with Crippen LogP contribution in [0.15, 0.2) is 48.8 Å². The Bertz CT molecular complexity index is 1280. The summed E-state index contributed by atoms with van der Waals surface area (Å²) in [5.74, 6) is -5.17. The van der Waals surface area contributed by atoms with Crippen molar-refractivity contribution in [3.05, 3.63) is 71.6 Å².